The zero-order chi connectivity index (χ0) is 22.7. The van der Waals surface area contributed by atoms with Crippen LogP contribution in [0.2, 0.25) is 0 Å². The van der Waals surface area contributed by atoms with E-state index in [0.29, 0.717) is 6.42 Å². The third-order valence-corrected chi connectivity index (χ3v) is 5.50. The van der Waals surface area contributed by atoms with Crippen LogP contribution in [0, 0.1) is 0 Å². The Hall–Kier alpha value is -1.97. The monoisotopic (exact) mass is 434 g/mol. The molecule has 2 heterocycles. The van der Waals surface area contributed by atoms with Gasteiger partial charge in [-0.15, -0.1) is 0 Å². The number of aliphatic hydroxyl groups excluding tert-OH is 4. The van der Waals surface area contributed by atoms with Crippen LogP contribution in [0.1, 0.15) is 50.6 Å². The van der Waals surface area contributed by atoms with Crippen LogP contribution < -0.4 is 4.74 Å². The van der Waals surface area contributed by atoms with E-state index in [1.54, 1.807) is 0 Å². The predicted octanol–water partition coefficient (Wildman–Crippen LogP) is 1.23. The van der Waals surface area contributed by atoms with E-state index in [2.05, 4.69) is 5.10 Å². The first kappa shape index (κ1) is 23.7. The number of ether oxygens (including phenoxy) is 2. The average molecular weight is 435 g/mol. The van der Waals surface area contributed by atoms with Crippen molar-refractivity contribution >= 4 is 0 Å². The van der Waals surface area contributed by atoms with E-state index in [4.69, 9.17) is 9.47 Å². The summed E-state index contributed by atoms with van der Waals surface area (Å²) in [6, 6.07) is 8.08. The molecule has 1 aliphatic heterocycles. The normalized spacial score (nSPS) is 26.6. The largest absolute Gasteiger partial charge is 0.491 e. The van der Waals surface area contributed by atoms with Gasteiger partial charge in [-0.25, -0.2) is 0 Å². The number of rotatable bonds is 8. The highest BCUT2D eigenvalue weighted by Gasteiger charge is 2.43. The zero-order valence-electron chi connectivity index (χ0n) is 18.5. The third kappa shape index (κ3) is 5.64. The molecule has 0 spiro atoms. The van der Waals surface area contributed by atoms with Crippen LogP contribution in [0.3, 0.4) is 0 Å². The van der Waals surface area contributed by atoms with Gasteiger partial charge >= 0.3 is 0 Å². The maximum absolute atomic E-state index is 10.4. The maximum Gasteiger partial charge on any atom is 0.119 e. The number of hydrogen-bond donors (Lipinski definition) is 4. The first-order valence-corrected chi connectivity index (χ1v) is 10.8. The summed E-state index contributed by atoms with van der Waals surface area (Å²) in [5.74, 6) is 0.818. The summed E-state index contributed by atoms with van der Waals surface area (Å²) in [6.07, 6.45) is -2.74. The van der Waals surface area contributed by atoms with Gasteiger partial charge in [-0.2, -0.15) is 5.10 Å². The molecule has 1 aromatic heterocycles. The van der Waals surface area contributed by atoms with Crippen molar-refractivity contribution in [2.75, 3.05) is 6.61 Å². The van der Waals surface area contributed by atoms with E-state index in [-0.39, 0.29) is 18.6 Å². The summed E-state index contributed by atoms with van der Waals surface area (Å²) in [6.45, 7) is 7.59. The second kappa shape index (κ2) is 10.1. The van der Waals surface area contributed by atoms with Crippen LogP contribution in [0.5, 0.6) is 5.75 Å². The second-order valence-corrected chi connectivity index (χ2v) is 8.73. The standard InChI is InChI=1S/C23H34N2O6/c1-13(2)25-11-16(9-15-5-7-17(8-6-15)30-14(3)4)18(24-25)10-19-21(27)23(29)22(28)20(12-26)31-19/h5-8,11,13-14,19-23,26-29H,9-10,12H2,1-4H3/t19-,20+,21-,22+,23+/m0/s1. The van der Waals surface area contributed by atoms with E-state index >= 15 is 0 Å². The first-order valence-electron chi connectivity index (χ1n) is 10.8. The Kier molecular flexibility index (Phi) is 7.72. The number of nitrogens with zero attached hydrogens (tertiary/aromatic N) is 2. The molecule has 0 bridgehead atoms. The smallest absolute Gasteiger partial charge is 0.119 e. The fourth-order valence-electron chi connectivity index (χ4n) is 3.77. The summed E-state index contributed by atoms with van der Waals surface area (Å²) in [4.78, 5) is 0. The summed E-state index contributed by atoms with van der Waals surface area (Å²) >= 11 is 0. The number of aliphatic hydroxyl groups is 4. The molecule has 1 fully saturated rings. The summed E-state index contributed by atoms with van der Waals surface area (Å²) in [5.41, 5.74) is 2.83. The van der Waals surface area contributed by atoms with Crippen molar-refractivity contribution in [2.24, 2.45) is 0 Å². The van der Waals surface area contributed by atoms with Crippen molar-refractivity contribution in [3.05, 3.63) is 47.3 Å². The fourth-order valence-corrected chi connectivity index (χ4v) is 3.77. The molecule has 0 saturated carbocycles. The van der Waals surface area contributed by atoms with Gasteiger partial charge in [0.05, 0.1) is 24.5 Å². The van der Waals surface area contributed by atoms with Crippen molar-refractivity contribution in [1.29, 1.82) is 0 Å². The molecule has 5 atom stereocenters. The Morgan fingerprint density at radius 1 is 1.00 bits per heavy atom. The van der Waals surface area contributed by atoms with Gasteiger partial charge in [-0.05, 0) is 51.0 Å². The van der Waals surface area contributed by atoms with Crippen LogP contribution in [0.15, 0.2) is 30.5 Å². The van der Waals surface area contributed by atoms with Crippen LogP contribution in [0.25, 0.3) is 0 Å². The van der Waals surface area contributed by atoms with Crippen molar-refractivity contribution in [3.63, 3.8) is 0 Å². The maximum atomic E-state index is 10.4. The number of hydrogen-bond acceptors (Lipinski definition) is 7. The van der Waals surface area contributed by atoms with Crippen LogP contribution in [0.4, 0.5) is 0 Å². The molecular formula is C23H34N2O6. The quantitative estimate of drug-likeness (QED) is 0.494. The highest BCUT2D eigenvalue weighted by Crippen LogP contribution is 2.26. The van der Waals surface area contributed by atoms with Crippen molar-refractivity contribution < 1.29 is 29.9 Å². The molecule has 1 aromatic carbocycles. The fraction of sp³-hybridized carbons (Fsp3) is 0.609. The molecule has 0 unspecified atom stereocenters. The lowest BCUT2D eigenvalue weighted by Gasteiger charge is -2.40. The van der Waals surface area contributed by atoms with E-state index in [1.807, 2.05) is 62.8 Å². The van der Waals surface area contributed by atoms with Gasteiger partial charge in [-0.3, -0.25) is 4.68 Å². The number of aromatic nitrogens is 2. The molecule has 31 heavy (non-hydrogen) atoms. The number of benzene rings is 1. The van der Waals surface area contributed by atoms with Crippen molar-refractivity contribution in [2.45, 2.75) is 83.2 Å². The van der Waals surface area contributed by atoms with Gasteiger partial charge in [0.15, 0.2) is 0 Å². The Morgan fingerprint density at radius 3 is 2.23 bits per heavy atom. The van der Waals surface area contributed by atoms with E-state index in [1.165, 1.54) is 0 Å². The predicted molar refractivity (Wildman–Crippen MR) is 115 cm³/mol. The van der Waals surface area contributed by atoms with E-state index in [9.17, 15) is 20.4 Å². The summed E-state index contributed by atoms with van der Waals surface area (Å²) in [7, 11) is 0. The molecule has 8 nitrogen and oxygen atoms in total. The van der Waals surface area contributed by atoms with Gasteiger partial charge in [0.25, 0.3) is 0 Å². The molecule has 0 radical (unpaired) electrons. The van der Waals surface area contributed by atoms with Crippen molar-refractivity contribution in [1.82, 2.24) is 9.78 Å². The lowest BCUT2D eigenvalue weighted by molar-refractivity contribution is -0.228. The summed E-state index contributed by atoms with van der Waals surface area (Å²) in [5, 5.41) is 44.7. The Morgan fingerprint density at radius 2 is 1.65 bits per heavy atom. The van der Waals surface area contributed by atoms with Crippen LogP contribution in [-0.4, -0.2) is 73.4 Å². The van der Waals surface area contributed by atoms with Crippen LogP contribution >= 0.6 is 0 Å². The second-order valence-electron chi connectivity index (χ2n) is 8.73. The van der Waals surface area contributed by atoms with Gasteiger partial charge in [-0.1, -0.05) is 12.1 Å². The molecule has 4 N–H and O–H groups in total. The Labute approximate surface area is 183 Å². The van der Waals surface area contributed by atoms with Gasteiger partial charge in [0.2, 0.25) is 0 Å². The minimum atomic E-state index is -1.39. The van der Waals surface area contributed by atoms with E-state index < -0.39 is 37.1 Å². The lowest BCUT2D eigenvalue weighted by Crippen LogP contribution is -2.59. The molecule has 1 aliphatic rings. The molecule has 8 heteroatoms. The first-order chi connectivity index (χ1) is 14.7. The minimum absolute atomic E-state index is 0.111. The molecule has 172 valence electrons. The molecule has 1 saturated heterocycles. The lowest BCUT2D eigenvalue weighted by atomic mass is 9.92. The minimum Gasteiger partial charge on any atom is -0.491 e. The third-order valence-electron chi connectivity index (χ3n) is 5.50. The van der Waals surface area contributed by atoms with Gasteiger partial charge in [0.1, 0.15) is 30.2 Å². The molecule has 3 rings (SSSR count). The Balaban J connectivity index is 1.80. The average Bonchev–Trinajstić information content (AvgIpc) is 3.12. The van der Waals surface area contributed by atoms with Gasteiger partial charge in [0, 0.05) is 25.1 Å². The van der Waals surface area contributed by atoms with Gasteiger partial charge < -0.3 is 29.9 Å². The van der Waals surface area contributed by atoms with Crippen molar-refractivity contribution in [3.8, 4) is 5.75 Å². The molecular weight excluding hydrogens is 400 g/mol. The highest BCUT2D eigenvalue weighted by atomic mass is 16.5. The van der Waals surface area contributed by atoms with Crippen LogP contribution in [-0.2, 0) is 17.6 Å². The molecule has 0 amide bonds. The van der Waals surface area contributed by atoms with E-state index in [0.717, 1.165) is 22.6 Å². The molecule has 2 aromatic rings. The zero-order valence-corrected chi connectivity index (χ0v) is 18.5. The molecule has 0 aliphatic carbocycles. The SMILES string of the molecule is CC(C)Oc1ccc(Cc2cn(C(C)C)nc2C[C@@H]2O[C@H](CO)[C@@H](O)[C@H](O)[C@H]2O)cc1. The Bertz CT molecular complexity index is 833. The summed E-state index contributed by atoms with van der Waals surface area (Å²) < 4.78 is 13.3. The topological polar surface area (TPSA) is 117 Å². The highest BCUT2D eigenvalue weighted by molar-refractivity contribution is 5.33.